The molecule has 1 aliphatic carbocycles. The first-order valence-electron chi connectivity index (χ1n) is 13.3. The SMILES string of the molecule is C=C/C(=C\N(C)C)C(=C)C=Nc1ccc(N(c2cc(CC)cc(CC)c2)N2CC3(CCC3)C2)cc1C. The van der Waals surface area contributed by atoms with E-state index in [1.807, 2.05) is 37.5 Å². The number of nitrogens with zero attached hydrogens (tertiary/aromatic N) is 4. The Morgan fingerprint density at radius 1 is 1.03 bits per heavy atom. The highest BCUT2D eigenvalue weighted by Gasteiger charge is 2.49. The fourth-order valence-electron chi connectivity index (χ4n) is 5.29. The van der Waals surface area contributed by atoms with Crippen molar-refractivity contribution in [2.75, 3.05) is 32.2 Å². The number of anilines is 2. The van der Waals surface area contributed by atoms with E-state index in [2.05, 4.69) is 80.3 Å². The summed E-state index contributed by atoms with van der Waals surface area (Å²) in [6.07, 6.45) is 11.9. The van der Waals surface area contributed by atoms with Gasteiger partial charge in [0.1, 0.15) is 0 Å². The Kier molecular flexibility index (Phi) is 7.85. The second-order valence-corrected chi connectivity index (χ2v) is 10.7. The van der Waals surface area contributed by atoms with Crippen LogP contribution < -0.4 is 5.01 Å². The minimum absolute atomic E-state index is 0.552. The predicted molar refractivity (Wildman–Crippen MR) is 156 cm³/mol. The monoisotopic (exact) mass is 482 g/mol. The molecular weight excluding hydrogens is 440 g/mol. The second kappa shape index (κ2) is 10.9. The zero-order valence-electron chi connectivity index (χ0n) is 22.8. The van der Waals surface area contributed by atoms with Crippen LogP contribution in [-0.4, -0.2) is 43.3 Å². The molecule has 2 fully saturated rings. The van der Waals surface area contributed by atoms with E-state index in [1.165, 1.54) is 41.8 Å². The Labute approximate surface area is 218 Å². The molecule has 2 aliphatic rings. The van der Waals surface area contributed by atoms with E-state index in [0.29, 0.717) is 5.41 Å². The first-order chi connectivity index (χ1) is 17.3. The van der Waals surface area contributed by atoms with Gasteiger partial charge in [0.15, 0.2) is 0 Å². The molecule has 0 atom stereocenters. The van der Waals surface area contributed by atoms with Crippen LogP contribution in [0.2, 0.25) is 0 Å². The van der Waals surface area contributed by atoms with Gasteiger partial charge in [-0.2, -0.15) is 0 Å². The third-order valence-electron chi connectivity index (χ3n) is 7.60. The smallest absolute Gasteiger partial charge is 0.0660 e. The van der Waals surface area contributed by atoms with Gasteiger partial charge in [-0.15, -0.1) is 0 Å². The van der Waals surface area contributed by atoms with Gasteiger partial charge < -0.3 is 4.90 Å². The number of rotatable bonds is 10. The Hall–Kier alpha value is -3.11. The van der Waals surface area contributed by atoms with Gasteiger partial charge in [-0.3, -0.25) is 10.0 Å². The highest BCUT2D eigenvalue weighted by atomic mass is 15.7. The van der Waals surface area contributed by atoms with E-state index in [-0.39, 0.29) is 0 Å². The van der Waals surface area contributed by atoms with Crippen LogP contribution in [0.1, 0.15) is 49.8 Å². The molecule has 4 nitrogen and oxygen atoms in total. The topological polar surface area (TPSA) is 22.1 Å². The lowest BCUT2D eigenvalue weighted by Crippen LogP contribution is -2.64. The number of benzene rings is 2. The molecule has 4 rings (SSSR count). The number of allylic oxidation sites excluding steroid dienone is 3. The maximum Gasteiger partial charge on any atom is 0.0660 e. The molecule has 1 heterocycles. The summed E-state index contributed by atoms with van der Waals surface area (Å²) in [4.78, 5) is 6.76. The van der Waals surface area contributed by atoms with Gasteiger partial charge in [0.05, 0.1) is 17.1 Å². The summed E-state index contributed by atoms with van der Waals surface area (Å²) in [5.41, 5.74) is 9.75. The van der Waals surface area contributed by atoms with Crippen molar-refractivity contribution >= 4 is 23.3 Å². The fraction of sp³-hybridized carbons (Fsp3) is 0.406. The van der Waals surface area contributed by atoms with E-state index in [1.54, 1.807) is 0 Å². The minimum atomic E-state index is 0.552. The van der Waals surface area contributed by atoms with Gasteiger partial charge >= 0.3 is 0 Å². The highest BCUT2D eigenvalue weighted by Crippen LogP contribution is 2.50. The van der Waals surface area contributed by atoms with Crippen LogP contribution >= 0.6 is 0 Å². The molecule has 0 bridgehead atoms. The van der Waals surface area contributed by atoms with Gasteiger partial charge in [-0.1, -0.05) is 45.6 Å². The molecule has 1 saturated heterocycles. The van der Waals surface area contributed by atoms with Crippen LogP contribution in [0.5, 0.6) is 0 Å². The van der Waals surface area contributed by atoms with Crippen molar-refractivity contribution in [3.05, 3.63) is 89.7 Å². The number of aryl methyl sites for hydroxylation is 3. The lowest BCUT2D eigenvalue weighted by molar-refractivity contribution is -0.0597. The Balaban J connectivity index is 1.64. The van der Waals surface area contributed by atoms with E-state index in [9.17, 15) is 0 Å². The lowest BCUT2D eigenvalue weighted by atomic mass is 9.64. The Bertz CT molecular complexity index is 1150. The van der Waals surface area contributed by atoms with Gasteiger partial charge in [0, 0.05) is 39.6 Å². The van der Waals surface area contributed by atoms with Gasteiger partial charge in [0.25, 0.3) is 0 Å². The van der Waals surface area contributed by atoms with Crippen molar-refractivity contribution in [3.63, 3.8) is 0 Å². The van der Waals surface area contributed by atoms with Crippen molar-refractivity contribution in [2.24, 2.45) is 10.4 Å². The van der Waals surface area contributed by atoms with E-state index >= 15 is 0 Å². The molecule has 2 aromatic carbocycles. The van der Waals surface area contributed by atoms with Gasteiger partial charge in [-0.25, -0.2) is 5.01 Å². The highest BCUT2D eigenvalue weighted by molar-refractivity contribution is 5.87. The standard InChI is InChI=1S/C32H42N4/c1-8-26-17-27(9-2)19-30(18-26)36(35-22-32(23-35)14-11-15-32)29-12-13-31(24(4)16-29)33-20-25(5)28(10-3)21-34(6)7/h10,12-13,16-21H,3,5,8-9,11,14-15,22-23H2,1-2,4,6-7H3/b28-21+,33-20?. The summed E-state index contributed by atoms with van der Waals surface area (Å²) in [6, 6.07) is 13.7. The first kappa shape index (κ1) is 26.0. The lowest BCUT2D eigenvalue weighted by Gasteiger charge is -2.59. The number of aliphatic imine (C=N–C) groups is 1. The van der Waals surface area contributed by atoms with Crippen molar-refractivity contribution in [1.82, 2.24) is 9.91 Å². The zero-order valence-corrected chi connectivity index (χ0v) is 22.8. The Morgan fingerprint density at radius 2 is 1.69 bits per heavy atom. The van der Waals surface area contributed by atoms with Gasteiger partial charge in [-0.05, 0) is 96.2 Å². The summed E-state index contributed by atoms with van der Waals surface area (Å²) in [6.45, 7) is 17.0. The molecule has 0 unspecified atom stereocenters. The normalized spacial score (nSPS) is 17.1. The van der Waals surface area contributed by atoms with Gasteiger partial charge in [0.2, 0.25) is 0 Å². The van der Waals surface area contributed by atoms with Crippen LogP contribution in [0.4, 0.5) is 17.1 Å². The second-order valence-electron chi connectivity index (χ2n) is 10.7. The van der Waals surface area contributed by atoms with E-state index in [0.717, 1.165) is 48.3 Å². The summed E-state index contributed by atoms with van der Waals surface area (Å²) < 4.78 is 0. The molecule has 1 spiro atoms. The molecule has 0 radical (unpaired) electrons. The molecule has 1 aliphatic heterocycles. The van der Waals surface area contributed by atoms with Crippen molar-refractivity contribution < 1.29 is 0 Å². The molecule has 2 aromatic rings. The molecule has 0 N–H and O–H groups in total. The molecule has 0 aromatic heterocycles. The largest absolute Gasteiger partial charge is 0.383 e. The van der Waals surface area contributed by atoms with E-state index in [4.69, 9.17) is 4.99 Å². The van der Waals surface area contributed by atoms with Crippen LogP contribution in [0.3, 0.4) is 0 Å². The quantitative estimate of drug-likeness (QED) is 0.258. The van der Waals surface area contributed by atoms with Crippen molar-refractivity contribution in [2.45, 2.75) is 52.9 Å². The maximum absolute atomic E-state index is 4.77. The third-order valence-corrected chi connectivity index (χ3v) is 7.60. The molecule has 0 amide bonds. The number of hydrogen-bond acceptors (Lipinski definition) is 4. The van der Waals surface area contributed by atoms with E-state index < -0.39 is 0 Å². The summed E-state index contributed by atoms with van der Waals surface area (Å²) in [7, 11) is 3.99. The third kappa shape index (κ3) is 5.49. The van der Waals surface area contributed by atoms with Crippen LogP contribution in [0.15, 0.2) is 78.0 Å². The van der Waals surface area contributed by atoms with Crippen LogP contribution in [0, 0.1) is 12.3 Å². The molecule has 1 saturated carbocycles. The Morgan fingerprint density at radius 3 is 2.19 bits per heavy atom. The number of hydrazine groups is 1. The summed E-state index contributed by atoms with van der Waals surface area (Å²) in [5, 5.41) is 4.99. The zero-order chi connectivity index (χ0) is 25.9. The summed E-state index contributed by atoms with van der Waals surface area (Å²) >= 11 is 0. The molecule has 4 heteroatoms. The molecule has 190 valence electrons. The minimum Gasteiger partial charge on any atom is -0.383 e. The molecular formula is C32H42N4. The first-order valence-corrected chi connectivity index (χ1v) is 13.3. The molecule has 36 heavy (non-hydrogen) atoms. The average molecular weight is 483 g/mol. The van der Waals surface area contributed by atoms with Crippen LogP contribution in [-0.2, 0) is 12.8 Å². The van der Waals surface area contributed by atoms with Crippen molar-refractivity contribution in [1.29, 1.82) is 0 Å². The summed E-state index contributed by atoms with van der Waals surface area (Å²) in [5.74, 6) is 0. The van der Waals surface area contributed by atoms with Crippen LogP contribution in [0.25, 0.3) is 0 Å². The average Bonchev–Trinajstić information content (AvgIpc) is 2.81. The number of hydrogen-bond donors (Lipinski definition) is 0. The fourth-order valence-corrected chi connectivity index (χ4v) is 5.29. The van der Waals surface area contributed by atoms with Crippen molar-refractivity contribution in [3.8, 4) is 0 Å². The predicted octanol–water partition coefficient (Wildman–Crippen LogP) is 7.55. The maximum atomic E-state index is 4.77.